The average molecular weight is 386 g/mol. The summed E-state index contributed by atoms with van der Waals surface area (Å²) >= 11 is 0. The lowest BCUT2D eigenvalue weighted by Crippen LogP contribution is -2.42. The number of nitriles is 1. The molecule has 0 radical (unpaired) electrons. The summed E-state index contributed by atoms with van der Waals surface area (Å²) < 4.78 is 42.7. The molecule has 0 saturated carbocycles. The second kappa shape index (κ2) is 7.15. The fraction of sp³-hybridized carbons (Fsp3) is 0.158. The molecule has 0 aliphatic heterocycles. The van der Waals surface area contributed by atoms with Crippen LogP contribution in [0.25, 0.3) is 10.9 Å². The second-order valence-electron chi connectivity index (χ2n) is 6.07. The zero-order valence-electron chi connectivity index (χ0n) is 14.5. The number of aromatic nitrogens is 2. The van der Waals surface area contributed by atoms with Crippen molar-refractivity contribution in [3.05, 3.63) is 75.6 Å². The molecule has 1 atom stereocenters. The standard InChI is InChI=1S/C19H13F3N4O2/c1-10(15-4-2-3-13(9-23)25-15)24-18(28)19(21,22)14-8-11-7-12(20)5-6-16(11)26-17(14)27/h2-8,10H,1H3,(H,24,28)(H,26,27)/t10-/m0/s1. The van der Waals surface area contributed by atoms with Crippen LogP contribution in [0.4, 0.5) is 13.2 Å². The van der Waals surface area contributed by atoms with Gasteiger partial charge in [0.1, 0.15) is 17.6 Å². The molecule has 0 bridgehead atoms. The van der Waals surface area contributed by atoms with E-state index < -0.39 is 34.8 Å². The Morgan fingerprint density at radius 1 is 1.29 bits per heavy atom. The van der Waals surface area contributed by atoms with Crippen molar-refractivity contribution in [3.8, 4) is 6.07 Å². The van der Waals surface area contributed by atoms with Crippen LogP contribution in [0.5, 0.6) is 0 Å². The summed E-state index contributed by atoms with van der Waals surface area (Å²) in [5.41, 5.74) is -1.82. The Morgan fingerprint density at radius 3 is 2.75 bits per heavy atom. The Morgan fingerprint density at radius 2 is 2.04 bits per heavy atom. The van der Waals surface area contributed by atoms with Gasteiger partial charge in [-0.3, -0.25) is 9.59 Å². The van der Waals surface area contributed by atoms with Gasteiger partial charge < -0.3 is 10.3 Å². The van der Waals surface area contributed by atoms with Gasteiger partial charge in [0.2, 0.25) is 0 Å². The van der Waals surface area contributed by atoms with Crippen molar-refractivity contribution in [3.63, 3.8) is 0 Å². The van der Waals surface area contributed by atoms with Gasteiger partial charge >= 0.3 is 5.92 Å². The number of hydrogen-bond acceptors (Lipinski definition) is 4. The predicted molar refractivity (Wildman–Crippen MR) is 93.9 cm³/mol. The van der Waals surface area contributed by atoms with Gasteiger partial charge in [-0.1, -0.05) is 6.07 Å². The number of H-pyrrole nitrogens is 1. The van der Waals surface area contributed by atoms with Gasteiger partial charge in [-0.05, 0) is 43.3 Å². The number of carbonyl (C=O) groups is 1. The van der Waals surface area contributed by atoms with Crippen LogP contribution in [0.2, 0.25) is 0 Å². The highest BCUT2D eigenvalue weighted by molar-refractivity contribution is 5.87. The Hall–Kier alpha value is -3.67. The Labute approximate surface area is 156 Å². The summed E-state index contributed by atoms with van der Waals surface area (Å²) in [5, 5.41) is 11.0. The van der Waals surface area contributed by atoms with Gasteiger partial charge in [0, 0.05) is 10.9 Å². The van der Waals surface area contributed by atoms with E-state index in [0.717, 1.165) is 18.2 Å². The van der Waals surface area contributed by atoms with Crippen molar-refractivity contribution < 1.29 is 18.0 Å². The minimum absolute atomic E-state index is 0.0264. The van der Waals surface area contributed by atoms with E-state index in [2.05, 4.69) is 15.3 Å². The van der Waals surface area contributed by atoms with E-state index >= 15 is 0 Å². The molecule has 1 amide bonds. The van der Waals surface area contributed by atoms with Crippen molar-refractivity contribution in [1.82, 2.24) is 15.3 Å². The number of fused-ring (bicyclic) bond motifs is 1. The van der Waals surface area contributed by atoms with E-state index in [9.17, 15) is 22.8 Å². The average Bonchev–Trinajstić information content (AvgIpc) is 2.67. The molecule has 2 aromatic heterocycles. The van der Waals surface area contributed by atoms with Crippen LogP contribution >= 0.6 is 0 Å². The van der Waals surface area contributed by atoms with E-state index in [0.29, 0.717) is 0 Å². The van der Waals surface area contributed by atoms with Crippen LogP contribution in [0.15, 0.2) is 47.3 Å². The molecular weight excluding hydrogens is 373 g/mol. The summed E-state index contributed by atoms with van der Waals surface area (Å²) in [4.78, 5) is 30.4. The number of alkyl halides is 2. The monoisotopic (exact) mass is 386 g/mol. The normalized spacial score (nSPS) is 12.4. The van der Waals surface area contributed by atoms with Gasteiger partial charge in [-0.2, -0.15) is 14.0 Å². The first-order valence-corrected chi connectivity index (χ1v) is 8.11. The lowest BCUT2D eigenvalue weighted by molar-refractivity contribution is -0.147. The first kappa shape index (κ1) is 19.1. The molecule has 0 spiro atoms. The van der Waals surface area contributed by atoms with E-state index in [4.69, 9.17) is 5.26 Å². The molecule has 9 heteroatoms. The number of benzene rings is 1. The van der Waals surface area contributed by atoms with Crippen molar-refractivity contribution in [2.24, 2.45) is 0 Å². The molecule has 0 saturated heterocycles. The number of amides is 1. The molecule has 6 nitrogen and oxygen atoms in total. The number of halogens is 3. The molecule has 0 aliphatic carbocycles. The number of carbonyl (C=O) groups excluding carboxylic acids is 1. The minimum Gasteiger partial charge on any atom is -0.342 e. The van der Waals surface area contributed by atoms with Crippen LogP contribution in [-0.2, 0) is 10.7 Å². The highest BCUT2D eigenvalue weighted by Gasteiger charge is 2.44. The minimum atomic E-state index is -4.17. The van der Waals surface area contributed by atoms with Crippen LogP contribution in [-0.4, -0.2) is 15.9 Å². The highest BCUT2D eigenvalue weighted by Crippen LogP contribution is 2.28. The van der Waals surface area contributed by atoms with E-state index in [1.807, 2.05) is 6.07 Å². The fourth-order valence-electron chi connectivity index (χ4n) is 2.65. The molecule has 1 aromatic carbocycles. The molecular formula is C19H13F3N4O2. The number of hydrogen-bond donors (Lipinski definition) is 2. The smallest absolute Gasteiger partial charge is 0.342 e. The summed E-state index contributed by atoms with van der Waals surface area (Å²) in [5.74, 6) is -6.56. The third-order valence-corrected chi connectivity index (χ3v) is 4.11. The molecule has 3 aromatic rings. The number of aromatic amines is 1. The predicted octanol–water partition coefficient (Wildman–Crippen LogP) is 2.90. The van der Waals surface area contributed by atoms with E-state index in [1.165, 1.54) is 31.2 Å². The summed E-state index contributed by atoms with van der Waals surface area (Å²) in [6.45, 7) is 1.41. The first-order chi connectivity index (χ1) is 13.2. The van der Waals surface area contributed by atoms with Crippen LogP contribution < -0.4 is 10.9 Å². The van der Waals surface area contributed by atoms with Crippen molar-refractivity contribution >= 4 is 16.8 Å². The summed E-state index contributed by atoms with van der Waals surface area (Å²) in [6, 6.07) is 9.35. The Bertz CT molecular complexity index is 1170. The maximum absolute atomic E-state index is 14.7. The molecule has 0 fully saturated rings. The van der Waals surface area contributed by atoms with E-state index in [-0.39, 0.29) is 22.3 Å². The zero-order chi connectivity index (χ0) is 20.5. The third-order valence-electron chi connectivity index (χ3n) is 4.11. The van der Waals surface area contributed by atoms with Crippen molar-refractivity contribution in [2.75, 3.05) is 0 Å². The Balaban J connectivity index is 1.92. The lowest BCUT2D eigenvalue weighted by atomic mass is 10.1. The topological polar surface area (TPSA) is 98.6 Å². The van der Waals surface area contributed by atoms with Gasteiger partial charge in [-0.15, -0.1) is 0 Å². The molecule has 2 N–H and O–H groups in total. The zero-order valence-corrected chi connectivity index (χ0v) is 14.5. The van der Waals surface area contributed by atoms with Crippen LogP contribution in [0.1, 0.15) is 29.9 Å². The molecule has 142 valence electrons. The van der Waals surface area contributed by atoms with E-state index in [1.54, 1.807) is 0 Å². The summed E-state index contributed by atoms with van der Waals surface area (Å²) in [7, 11) is 0. The maximum Gasteiger partial charge on any atom is 0.355 e. The third kappa shape index (κ3) is 3.57. The maximum atomic E-state index is 14.7. The molecule has 2 heterocycles. The SMILES string of the molecule is C[C@H](NC(=O)C(F)(F)c1cc2cc(F)ccc2[nH]c1=O)c1cccc(C#N)n1. The van der Waals surface area contributed by atoms with Crippen molar-refractivity contribution in [1.29, 1.82) is 5.26 Å². The molecule has 28 heavy (non-hydrogen) atoms. The van der Waals surface area contributed by atoms with Gasteiger partial charge in [0.15, 0.2) is 0 Å². The molecule has 0 unspecified atom stereocenters. The highest BCUT2D eigenvalue weighted by atomic mass is 19.3. The van der Waals surface area contributed by atoms with Crippen LogP contribution in [0, 0.1) is 17.1 Å². The van der Waals surface area contributed by atoms with Gasteiger partial charge in [0.05, 0.1) is 17.3 Å². The van der Waals surface area contributed by atoms with Crippen LogP contribution in [0.3, 0.4) is 0 Å². The Kier molecular flexibility index (Phi) is 4.88. The molecule has 0 aliphatic rings. The second-order valence-corrected chi connectivity index (χ2v) is 6.07. The summed E-state index contributed by atoms with van der Waals surface area (Å²) in [6.07, 6.45) is 0. The first-order valence-electron chi connectivity index (χ1n) is 8.11. The fourth-order valence-corrected chi connectivity index (χ4v) is 2.65. The number of nitrogens with zero attached hydrogens (tertiary/aromatic N) is 2. The number of pyridine rings is 2. The number of nitrogens with one attached hydrogen (secondary N) is 2. The number of rotatable bonds is 4. The van der Waals surface area contributed by atoms with Gasteiger partial charge in [-0.25, -0.2) is 9.37 Å². The van der Waals surface area contributed by atoms with Gasteiger partial charge in [0.25, 0.3) is 11.5 Å². The lowest BCUT2D eigenvalue weighted by Gasteiger charge is -2.19. The molecule has 3 rings (SSSR count). The largest absolute Gasteiger partial charge is 0.355 e. The van der Waals surface area contributed by atoms with Crippen molar-refractivity contribution in [2.45, 2.75) is 18.9 Å². The quantitative estimate of drug-likeness (QED) is 0.720.